The molecule has 1 N–H and O–H groups in total. The maximum Gasteiger partial charge on any atom is 0.343 e. The lowest BCUT2D eigenvalue weighted by Crippen LogP contribution is -2.66. The van der Waals surface area contributed by atoms with Crippen molar-refractivity contribution in [1.82, 2.24) is 25.1 Å². The number of ether oxygens (including phenoxy) is 2. The van der Waals surface area contributed by atoms with Crippen molar-refractivity contribution in [2.24, 2.45) is 0 Å². The van der Waals surface area contributed by atoms with E-state index in [0.29, 0.717) is 12.3 Å². The molecule has 12 nitrogen and oxygen atoms in total. The van der Waals surface area contributed by atoms with Gasteiger partial charge >= 0.3 is 12.0 Å². The molecule has 0 unspecified atom stereocenters. The largest absolute Gasteiger partial charge is 0.482 e. The molecule has 0 aliphatic carbocycles. The van der Waals surface area contributed by atoms with Gasteiger partial charge in [0.05, 0.1) is 26.3 Å². The summed E-state index contributed by atoms with van der Waals surface area (Å²) in [5, 5.41) is 17.5. The second-order valence-electron chi connectivity index (χ2n) is 11.8. The minimum atomic E-state index is -0.871. The first-order valence-electron chi connectivity index (χ1n) is 15.9. The Balaban J connectivity index is 1.29. The number of methoxy groups -OCH3 is 1. The van der Waals surface area contributed by atoms with E-state index in [4.69, 9.17) is 4.74 Å². The lowest BCUT2D eigenvalue weighted by Gasteiger charge is -2.46. The molecular formula is C37H36N6O6. The quantitative estimate of drug-likeness (QED) is 0.191. The van der Waals surface area contributed by atoms with Gasteiger partial charge in [-0.05, 0) is 39.6 Å². The van der Waals surface area contributed by atoms with Crippen LogP contribution in [0.1, 0.15) is 16.7 Å². The molecule has 12 heteroatoms. The Labute approximate surface area is 284 Å². The van der Waals surface area contributed by atoms with Crippen LogP contribution in [-0.4, -0.2) is 89.2 Å². The van der Waals surface area contributed by atoms with E-state index in [1.54, 1.807) is 39.1 Å². The summed E-state index contributed by atoms with van der Waals surface area (Å²) in [7, 11) is 1.28. The van der Waals surface area contributed by atoms with Crippen LogP contribution >= 0.6 is 0 Å². The summed E-state index contributed by atoms with van der Waals surface area (Å²) in [5.74, 6) is -0.585. The molecule has 2 heterocycles. The van der Waals surface area contributed by atoms with Gasteiger partial charge in [-0.25, -0.2) is 14.6 Å². The number of carbonyl (C=O) groups excluding carboxylic acids is 4. The Morgan fingerprint density at radius 3 is 2.43 bits per heavy atom. The highest BCUT2D eigenvalue weighted by Crippen LogP contribution is 2.31. The van der Waals surface area contributed by atoms with E-state index in [2.05, 4.69) is 16.1 Å². The highest BCUT2D eigenvalue weighted by atomic mass is 16.6. The highest BCUT2D eigenvalue weighted by Gasteiger charge is 2.52. The third kappa shape index (κ3) is 7.32. The summed E-state index contributed by atoms with van der Waals surface area (Å²) in [5.41, 5.74) is 2.62. The van der Waals surface area contributed by atoms with E-state index >= 15 is 0 Å². The molecule has 0 spiro atoms. The Hall–Kier alpha value is -5.93. The fourth-order valence-electron chi connectivity index (χ4n) is 6.38. The zero-order valence-electron chi connectivity index (χ0n) is 27.0. The maximum atomic E-state index is 14.3. The number of nitriles is 1. The van der Waals surface area contributed by atoms with Gasteiger partial charge < -0.3 is 24.6 Å². The SMILES string of the molecule is COC(=O)COc1ccc(C[C@H]2C(=O)N(Cc3cccc4ccccc34)C[C@H]3N2C(=O)CN3N(CC#N)C(=O)NCc2ccccc2)cc1. The zero-order chi connectivity index (χ0) is 34.3. The summed E-state index contributed by atoms with van der Waals surface area (Å²) in [6.45, 7) is -0.0196. The molecule has 2 fully saturated rings. The summed E-state index contributed by atoms with van der Waals surface area (Å²) in [6.07, 6.45) is -0.486. The molecular weight excluding hydrogens is 624 g/mol. The molecule has 2 aliphatic heterocycles. The minimum absolute atomic E-state index is 0.137. The van der Waals surface area contributed by atoms with Gasteiger partial charge in [-0.2, -0.15) is 10.3 Å². The summed E-state index contributed by atoms with van der Waals surface area (Å²) in [6, 6.07) is 31.0. The number of amides is 4. The van der Waals surface area contributed by atoms with Gasteiger partial charge in [-0.1, -0.05) is 84.9 Å². The number of fused-ring (bicyclic) bond motifs is 2. The van der Waals surface area contributed by atoms with E-state index in [0.717, 1.165) is 27.5 Å². The molecule has 2 atom stereocenters. The van der Waals surface area contributed by atoms with Crippen LogP contribution < -0.4 is 10.1 Å². The van der Waals surface area contributed by atoms with Crippen molar-refractivity contribution in [3.63, 3.8) is 0 Å². The number of urea groups is 1. The second-order valence-corrected chi connectivity index (χ2v) is 11.8. The van der Waals surface area contributed by atoms with E-state index in [-0.39, 0.29) is 51.0 Å². The summed E-state index contributed by atoms with van der Waals surface area (Å²) < 4.78 is 10.1. The van der Waals surface area contributed by atoms with Gasteiger partial charge in [0, 0.05) is 19.5 Å². The van der Waals surface area contributed by atoms with Crippen molar-refractivity contribution in [2.75, 3.05) is 33.4 Å². The predicted molar refractivity (Wildman–Crippen MR) is 179 cm³/mol. The topological polar surface area (TPSA) is 136 Å². The van der Waals surface area contributed by atoms with Crippen molar-refractivity contribution in [3.8, 4) is 11.8 Å². The maximum absolute atomic E-state index is 14.3. The van der Waals surface area contributed by atoms with Crippen LogP contribution in [0.4, 0.5) is 4.79 Å². The van der Waals surface area contributed by atoms with Crippen molar-refractivity contribution >= 4 is 34.6 Å². The van der Waals surface area contributed by atoms with Crippen LogP contribution in [0.2, 0.25) is 0 Å². The molecule has 250 valence electrons. The normalized spacial score (nSPS) is 17.4. The molecule has 4 aromatic rings. The number of benzene rings is 4. The first-order chi connectivity index (χ1) is 23.9. The Morgan fingerprint density at radius 1 is 0.939 bits per heavy atom. The van der Waals surface area contributed by atoms with Gasteiger partial charge in [-0.15, -0.1) is 0 Å². The van der Waals surface area contributed by atoms with Crippen LogP contribution in [0.3, 0.4) is 0 Å². The van der Waals surface area contributed by atoms with Crippen molar-refractivity contribution in [3.05, 3.63) is 114 Å². The zero-order valence-corrected chi connectivity index (χ0v) is 27.0. The van der Waals surface area contributed by atoms with E-state index < -0.39 is 24.2 Å². The van der Waals surface area contributed by atoms with Crippen LogP contribution in [-0.2, 0) is 38.6 Å². The fraction of sp³-hybridized carbons (Fsp3) is 0.270. The molecule has 6 rings (SSSR count). The number of esters is 1. The van der Waals surface area contributed by atoms with Gasteiger partial charge in [0.15, 0.2) is 6.61 Å². The smallest absolute Gasteiger partial charge is 0.343 e. The van der Waals surface area contributed by atoms with Gasteiger partial charge in [0.25, 0.3) is 0 Å². The van der Waals surface area contributed by atoms with Crippen LogP contribution in [0.25, 0.3) is 10.8 Å². The number of hydrogen-bond acceptors (Lipinski definition) is 8. The van der Waals surface area contributed by atoms with E-state index in [1.165, 1.54) is 12.1 Å². The molecule has 0 saturated carbocycles. The number of hydrazine groups is 1. The highest BCUT2D eigenvalue weighted by molar-refractivity contribution is 5.92. The summed E-state index contributed by atoms with van der Waals surface area (Å²) >= 11 is 0. The van der Waals surface area contributed by atoms with Gasteiger partial charge in [0.1, 0.15) is 24.5 Å². The van der Waals surface area contributed by atoms with Gasteiger partial charge in [0.2, 0.25) is 11.8 Å². The lowest BCUT2D eigenvalue weighted by atomic mass is 9.99. The molecule has 4 aromatic carbocycles. The number of rotatable bonds is 11. The average molecular weight is 661 g/mol. The monoisotopic (exact) mass is 660 g/mol. The number of nitrogens with one attached hydrogen (secondary N) is 1. The van der Waals surface area contributed by atoms with Crippen LogP contribution in [0, 0.1) is 11.3 Å². The second kappa shape index (κ2) is 14.9. The van der Waals surface area contributed by atoms with Crippen LogP contribution in [0.5, 0.6) is 5.75 Å². The van der Waals surface area contributed by atoms with Crippen molar-refractivity contribution < 1.29 is 28.7 Å². The summed E-state index contributed by atoms with van der Waals surface area (Å²) in [4.78, 5) is 56.4. The first-order valence-corrected chi connectivity index (χ1v) is 15.9. The van der Waals surface area contributed by atoms with Crippen molar-refractivity contribution in [1.29, 1.82) is 5.26 Å². The molecule has 2 saturated heterocycles. The van der Waals surface area contributed by atoms with Crippen LogP contribution in [0.15, 0.2) is 97.1 Å². The van der Waals surface area contributed by atoms with Crippen molar-refractivity contribution in [2.45, 2.75) is 31.7 Å². The Bertz CT molecular complexity index is 1870. The standard InChI is InChI=1S/C37H36N6O6/c1-48-35(45)25-49-30-16-14-26(15-17-30)20-32-36(46)40(22-29-12-7-11-28-10-5-6-13-31(28)29)23-33-42(24-34(44)43(32)33)41(19-18-38)37(47)39-21-27-8-3-2-4-9-27/h2-17,32-33H,19-25H2,1H3,(H,39,47)/t32-,33+/m0/s1. The lowest BCUT2D eigenvalue weighted by molar-refractivity contribution is -0.157. The number of carbonyl (C=O) groups is 4. The molecule has 0 radical (unpaired) electrons. The van der Waals surface area contributed by atoms with Gasteiger partial charge in [-0.3, -0.25) is 9.59 Å². The Morgan fingerprint density at radius 2 is 1.67 bits per heavy atom. The third-order valence-corrected chi connectivity index (χ3v) is 8.80. The average Bonchev–Trinajstić information content (AvgIpc) is 3.46. The van der Waals surface area contributed by atoms with E-state index in [1.807, 2.05) is 72.8 Å². The number of hydrogen-bond donors (Lipinski definition) is 1. The predicted octanol–water partition coefficient (Wildman–Crippen LogP) is 3.47. The molecule has 2 aliphatic rings. The van der Waals surface area contributed by atoms with E-state index in [9.17, 15) is 24.4 Å². The third-order valence-electron chi connectivity index (χ3n) is 8.80. The molecule has 0 bridgehead atoms. The molecule has 0 aromatic heterocycles. The molecule has 49 heavy (non-hydrogen) atoms. The minimum Gasteiger partial charge on any atom is -0.482 e. The number of nitrogens with zero attached hydrogens (tertiary/aromatic N) is 5. The fourth-order valence-corrected chi connectivity index (χ4v) is 6.38. The molecule has 4 amide bonds. The first kappa shape index (κ1) is 33.0. The Kier molecular flexibility index (Phi) is 10.0. The number of piperazine rings is 1.